The molecule has 0 aliphatic heterocycles. The summed E-state index contributed by atoms with van der Waals surface area (Å²) in [6.07, 6.45) is 3.36. The van der Waals surface area contributed by atoms with Crippen molar-refractivity contribution in [2.45, 2.75) is 24.9 Å². The van der Waals surface area contributed by atoms with Crippen LogP contribution in [0.3, 0.4) is 0 Å². The fourth-order valence-electron chi connectivity index (χ4n) is 1.13. The van der Waals surface area contributed by atoms with Crippen LogP contribution in [0, 0.1) is 6.92 Å². The van der Waals surface area contributed by atoms with E-state index >= 15 is 0 Å². The number of hydrogen-bond donors (Lipinski definition) is 5. The van der Waals surface area contributed by atoms with Gasteiger partial charge in [-0.15, -0.1) is 0 Å². The molecule has 1 aromatic rings. The van der Waals surface area contributed by atoms with E-state index in [2.05, 4.69) is 0 Å². The average Bonchev–Trinajstić information content (AvgIpc) is 2.51. The smallest absolute Gasteiger partial charge is 0.741 e. The maximum absolute atomic E-state index is 10.8. The summed E-state index contributed by atoms with van der Waals surface area (Å²) in [6.45, 7) is 3.53. The molecule has 0 saturated carbocycles. The largest absolute Gasteiger partial charge is 2.00 e. The van der Waals surface area contributed by atoms with Crippen molar-refractivity contribution in [3.05, 3.63) is 35.4 Å². The molecule has 0 bridgehead atoms. The zero-order chi connectivity index (χ0) is 24.6. The van der Waals surface area contributed by atoms with E-state index in [1.54, 1.807) is 19.3 Å². The van der Waals surface area contributed by atoms with Gasteiger partial charge in [-0.25, -0.2) is 16.8 Å². The van der Waals surface area contributed by atoms with Crippen LogP contribution >= 0.6 is 0 Å². The fraction of sp³-hybridized carbons (Fsp3) is 0.357. The molecule has 0 amide bonds. The summed E-state index contributed by atoms with van der Waals surface area (Å²) in [5, 5.41) is 0. The molecule has 0 aliphatic carbocycles. The van der Waals surface area contributed by atoms with Crippen LogP contribution in [-0.4, -0.2) is 49.9 Å². The first kappa shape index (κ1) is 55.0. The number of benzene rings is 1. The first-order valence-corrected chi connectivity index (χ1v) is 9.82. The van der Waals surface area contributed by atoms with Crippen LogP contribution in [0.4, 0.5) is 26.3 Å². The van der Waals surface area contributed by atoms with E-state index in [0.29, 0.717) is 0 Å². The molecule has 13 nitrogen and oxygen atoms in total. The summed E-state index contributed by atoms with van der Waals surface area (Å²) in [7, 11) is -10.6. The summed E-state index contributed by atoms with van der Waals surface area (Å²) in [6, 6.07) is 5.79. The molecule has 36 heavy (non-hydrogen) atoms. The van der Waals surface area contributed by atoms with Gasteiger partial charge < -0.3 is 44.6 Å². The molecule has 0 atom stereocenters. The molecule has 1 aromatic carbocycles. The van der Waals surface area contributed by atoms with Crippen molar-refractivity contribution in [2.24, 2.45) is 0 Å². The summed E-state index contributed by atoms with van der Waals surface area (Å²) < 4.78 is 123. The summed E-state index contributed by atoms with van der Waals surface area (Å²) in [5.41, 5.74) is -9.15. The molecule has 0 heterocycles. The van der Waals surface area contributed by atoms with Crippen molar-refractivity contribution in [1.29, 1.82) is 0 Å². The van der Waals surface area contributed by atoms with Crippen molar-refractivity contribution in [3.8, 4) is 5.75 Å². The Labute approximate surface area is 217 Å². The Balaban J connectivity index is -0.0000000530. The van der Waals surface area contributed by atoms with Crippen molar-refractivity contribution < 1.29 is 81.6 Å². The van der Waals surface area contributed by atoms with E-state index in [0.717, 1.165) is 16.9 Å². The minimum Gasteiger partial charge on any atom is -0.741 e. The Morgan fingerprint density at radius 2 is 1.17 bits per heavy atom. The van der Waals surface area contributed by atoms with Gasteiger partial charge in [-0.1, -0.05) is 12.1 Å². The SMILES string of the molecule is COc1ccc(C)c(/C=C/C(C)=O)c1.N.N.N.N.N.O=S(=O)([O-])C(F)(F)F.O=S(=O)([O-])C(F)(F)F.[Os+2]. The van der Waals surface area contributed by atoms with Crippen LogP contribution in [0.5, 0.6) is 5.75 Å². The van der Waals surface area contributed by atoms with Gasteiger partial charge in [0.15, 0.2) is 26.0 Å². The Hall–Kier alpha value is -1.73. The second kappa shape index (κ2) is 21.4. The maximum Gasteiger partial charge on any atom is 2.00 e. The number of carbonyl (C=O) groups excluding carboxylic acids is 1. The van der Waals surface area contributed by atoms with Gasteiger partial charge >= 0.3 is 30.8 Å². The summed E-state index contributed by atoms with van der Waals surface area (Å²) in [4.78, 5) is 10.8. The van der Waals surface area contributed by atoms with Gasteiger partial charge in [0.1, 0.15) is 5.75 Å². The van der Waals surface area contributed by atoms with Crippen LogP contribution in [0.25, 0.3) is 6.08 Å². The van der Waals surface area contributed by atoms with Crippen molar-refractivity contribution in [2.75, 3.05) is 7.11 Å². The molecule has 15 N–H and O–H groups in total. The van der Waals surface area contributed by atoms with Crippen LogP contribution in [0.15, 0.2) is 24.3 Å². The Kier molecular flexibility index (Phi) is 32.6. The molecule has 0 fully saturated rings. The number of halogens is 6. The third-order valence-electron chi connectivity index (χ3n) is 2.55. The number of ketones is 1. The second-order valence-electron chi connectivity index (χ2n) is 4.97. The fourth-order valence-corrected chi connectivity index (χ4v) is 1.13. The molecular formula is C14H29F6N5O8OsS2. The summed E-state index contributed by atoms with van der Waals surface area (Å²) >= 11 is 0. The van der Waals surface area contributed by atoms with E-state index in [-0.39, 0.29) is 56.3 Å². The second-order valence-corrected chi connectivity index (χ2v) is 7.71. The van der Waals surface area contributed by atoms with E-state index in [4.69, 9.17) is 30.7 Å². The number of hydrogen-bond acceptors (Lipinski definition) is 13. The number of ether oxygens (including phenoxy) is 1. The number of aryl methyl sites for hydroxylation is 1. The average molecular weight is 764 g/mol. The van der Waals surface area contributed by atoms with E-state index in [9.17, 15) is 31.1 Å². The van der Waals surface area contributed by atoms with Crippen LogP contribution in [0.1, 0.15) is 18.1 Å². The van der Waals surface area contributed by atoms with Crippen molar-refractivity contribution in [3.63, 3.8) is 0 Å². The molecule has 22 heteroatoms. The molecule has 1 rings (SSSR count). The van der Waals surface area contributed by atoms with Crippen molar-refractivity contribution >= 4 is 32.1 Å². The van der Waals surface area contributed by atoms with Gasteiger partial charge in [0.05, 0.1) is 7.11 Å². The third kappa shape index (κ3) is 24.0. The zero-order valence-corrected chi connectivity index (χ0v) is 23.3. The quantitative estimate of drug-likeness (QED) is 0.128. The topological polar surface area (TPSA) is 316 Å². The predicted molar refractivity (Wildman–Crippen MR) is 114 cm³/mol. The van der Waals surface area contributed by atoms with Gasteiger partial charge in [-0.2, -0.15) is 26.3 Å². The monoisotopic (exact) mass is 765 g/mol. The molecule has 0 aromatic heterocycles. The number of carbonyl (C=O) groups is 1. The first-order valence-electron chi connectivity index (χ1n) is 7.01. The predicted octanol–water partition coefficient (Wildman–Crippen LogP) is 3.52. The minimum atomic E-state index is -6.09. The molecule has 0 unspecified atom stereocenters. The van der Waals surface area contributed by atoms with Crippen LogP contribution in [0.2, 0.25) is 0 Å². The molecule has 220 valence electrons. The molecule has 0 aliphatic rings. The molecule has 0 saturated heterocycles. The van der Waals surface area contributed by atoms with Crippen LogP contribution in [-0.2, 0) is 44.8 Å². The maximum atomic E-state index is 10.8. The number of methoxy groups -OCH3 is 1. The Morgan fingerprint density at radius 1 is 0.861 bits per heavy atom. The van der Waals surface area contributed by atoms with E-state index in [1.807, 2.05) is 25.1 Å². The minimum absolute atomic E-state index is 0. The van der Waals surface area contributed by atoms with Gasteiger partial charge in [-0.3, -0.25) is 4.79 Å². The van der Waals surface area contributed by atoms with Gasteiger partial charge in [0.2, 0.25) is 0 Å². The molecule has 0 radical (unpaired) electrons. The van der Waals surface area contributed by atoms with E-state index in [1.165, 1.54) is 6.92 Å². The van der Waals surface area contributed by atoms with Gasteiger partial charge in [0, 0.05) is 0 Å². The van der Waals surface area contributed by atoms with Crippen molar-refractivity contribution in [1.82, 2.24) is 30.8 Å². The number of alkyl halides is 6. The molecule has 0 spiro atoms. The van der Waals surface area contributed by atoms with Crippen LogP contribution < -0.4 is 35.5 Å². The number of rotatable bonds is 3. The zero-order valence-electron chi connectivity index (χ0n) is 19.1. The van der Waals surface area contributed by atoms with E-state index < -0.39 is 31.3 Å². The standard InChI is InChI=1S/C12H14O2.2CHF3O3S.5H3N.Os/c1-9-4-7-12(14-3)8-11(9)6-5-10(2)13;2*2-1(3,4)8(5,6)7;;;;;;/h4-8H,1-3H3;2*(H,5,6,7);5*1H3;/q;;;;;;;;+2/p-2/b6-5+;;;;;;;;. The Morgan fingerprint density at radius 3 is 1.39 bits per heavy atom. The first-order chi connectivity index (χ1) is 13.1. The van der Waals surface area contributed by atoms with Gasteiger partial charge in [0.25, 0.3) is 0 Å². The third-order valence-corrected chi connectivity index (χ3v) is 3.68. The summed E-state index contributed by atoms with van der Waals surface area (Å²) in [5.74, 6) is 0.853. The van der Waals surface area contributed by atoms with Gasteiger partial charge in [-0.05, 0) is 43.2 Å². The normalized spacial score (nSPS) is 10.3. The Bertz CT molecular complexity index is 933. The number of allylic oxidation sites excluding steroid dienone is 1. The molecular weight excluding hydrogens is 735 g/mol.